The number of nitrogens with zero attached hydrogens (tertiary/aromatic N) is 1. The molecule has 0 heterocycles. The summed E-state index contributed by atoms with van der Waals surface area (Å²) < 4.78 is 0. The highest BCUT2D eigenvalue weighted by molar-refractivity contribution is 5.51. The molecule has 0 radical (unpaired) electrons. The first-order valence-corrected chi connectivity index (χ1v) is 6.70. The molecule has 0 unspecified atom stereocenters. The normalized spacial score (nSPS) is 10.9. The summed E-state index contributed by atoms with van der Waals surface area (Å²) in [4.78, 5) is 24.5. The van der Waals surface area contributed by atoms with Crippen LogP contribution >= 0.6 is 0 Å². The number of hydrogen-bond acceptors (Lipinski definition) is 3. The predicted molar refractivity (Wildman–Crippen MR) is 78.6 cm³/mol. The maximum absolute atomic E-state index is 11.5. The van der Waals surface area contributed by atoms with Gasteiger partial charge in [0, 0.05) is 19.2 Å². The van der Waals surface area contributed by atoms with Gasteiger partial charge in [0.15, 0.2) is 0 Å². The first-order chi connectivity index (χ1) is 9.06. The Hall–Kier alpha value is -1.90. The average Bonchev–Trinajstić information content (AvgIpc) is 2.44. The molecule has 0 atom stereocenters. The number of benzene rings is 1. The summed E-state index contributed by atoms with van der Waals surface area (Å²) in [5.74, 6) is 0. The van der Waals surface area contributed by atoms with Gasteiger partial charge < -0.3 is 4.90 Å². The fraction of sp³-hybridized carbons (Fsp3) is 0.375. The fourth-order valence-corrected chi connectivity index (χ4v) is 2.23. The molecule has 0 saturated heterocycles. The zero-order valence-corrected chi connectivity index (χ0v) is 11.7. The largest absolute Gasteiger partial charge is 0.364 e. The predicted octanol–water partition coefficient (Wildman–Crippen LogP) is 2.18. The lowest BCUT2D eigenvalue weighted by atomic mass is 10.0. The van der Waals surface area contributed by atoms with Crippen molar-refractivity contribution in [1.29, 1.82) is 0 Å². The van der Waals surface area contributed by atoms with E-state index in [9.17, 15) is 9.59 Å². The number of aryl methyl sites for hydroxylation is 2. The van der Waals surface area contributed by atoms with Crippen molar-refractivity contribution in [1.82, 2.24) is 0 Å². The van der Waals surface area contributed by atoms with Gasteiger partial charge in [0.25, 0.3) is 0 Å². The Bertz CT molecular complexity index is 651. The molecule has 0 aromatic heterocycles. The van der Waals surface area contributed by atoms with Crippen LogP contribution in [0.5, 0.6) is 0 Å². The SMILES string of the molecule is CCc1ccc(C)c(CN(CC)c2cc(=O)c2=O)c1. The maximum Gasteiger partial charge on any atom is 0.249 e. The van der Waals surface area contributed by atoms with Gasteiger partial charge in [0.1, 0.15) is 0 Å². The molecule has 100 valence electrons. The second kappa shape index (κ2) is 5.39. The highest BCUT2D eigenvalue weighted by atomic mass is 16.2. The van der Waals surface area contributed by atoms with Crippen LogP contribution in [0.2, 0.25) is 0 Å². The zero-order valence-electron chi connectivity index (χ0n) is 11.7. The number of hydrogen-bond donors (Lipinski definition) is 0. The summed E-state index contributed by atoms with van der Waals surface area (Å²) in [6.45, 7) is 7.60. The van der Waals surface area contributed by atoms with Gasteiger partial charge in [-0.25, -0.2) is 0 Å². The quantitative estimate of drug-likeness (QED) is 0.770. The van der Waals surface area contributed by atoms with E-state index in [4.69, 9.17) is 0 Å². The average molecular weight is 257 g/mol. The molecular weight excluding hydrogens is 238 g/mol. The molecule has 0 fully saturated rings. The van der Waals surface area contributed by atoms with Gasteiger partial charge in [0.05, 0.1) is 5.69 Å². The van der Waals surface area contributed by atoms with Crippen LogP contribution in [0.1, 0.15) is 30.5 Å². The Kier molecular flexibility index (Phi) is 3.84. The fourth-order valence-electron chi connectivity index (χ4n) is 2.23. The van der Waals surface area contributed by atoms with Crippen LogP contribution in [0.4, 0.5) is 5.69 Å². The second-order valence-corrected chi connectivity index (χ2v) is 4.85. The van der Waals surface area contributed by atoms with Gasteiger partial charge in [0.2, 0.25) is 10.9 Å². The van der Waals surface area contributed by atoms with Crippen LogP contribution in [0.25, 0.3) is 0 Å². The van der Waals surface area contributed by atoms with Gasteiger partial charge in [-0.1, -0.05) is 25.1 Å². The van der Waals surface area contributed by atoms with E-state index in [1.54, 1.807) is 0 Å². The van der Waals surface area contributed by atoms with E-state index in [1.807, 2.05) is 11.8 Å². The van der Waals surface area contributed by atoms with E-state index < -0.39 is 0 Å². The number of anilines is 1. The van der Waals surface area contributed by atoms with E-state index in [-0.39, 0.29) is 10.9 Å². The zero-order chi connectivity index (χ0) is 14.0. The van der Waals surface area contributed by atoms with E-state index in [2.05, 4.69) is 32.0 Å². The molecule has 0 spiro atoms. The minimum atomic E-state index is -0.382. The molecule has 19 heavy (non-hydrogen) atoms. The molecular formula is C16H19NO2. The summed E-state index contributed by atoms with van der Waals surface area (Å²) in [6.07, 6.45) is 1.000. The van der Waals surface area contributed by atoms with Crippen LogP contribution < -0.4 is 15.8 Å². The summed E-state index contributed by atoms with van der Waals surface area (Å²) in [7, 11) is 0. The lowest BCUT2D eigenvalue weighted by Gasteiger charge is -2.24. The van der Waals surface area contributed by atoms with Crippen LogP contribution in [0.15, 0.2) is 33.9 Å². The van der Waals surface area contributed by atoms with E-state index in [1.165, 1.54) is 22.8 Å². The Morgan fingerprint density at radius 2 is 1.84 bits per heavy atom. The van der Waals surface area contributed by atoms with E-state index >= 15 is 0 Å². The maximum atomic E-state index is 11.5. The van der Waals surface area contributed by atoms with Crippen LogP contribution in [-0.2, 0) is 13.0 Å². The third-order valence-corrected chi connectivity index (χ3v) is 3.63. The lowest BCUT2D eigenvalue weighted by Crippen LogP contribution is -2.39. The molecule has 0 saturated carbocycles. The Balaban J connectivity index is 2.26. The van der Waals surface area contributed by atoms with Crippen molar-refractivity contribution < 1.29 is 0 Å². The molecule has 2 aromatic carbocycles. The van der Waals surface area contributed by atoms with Crippen molar-refractivity contribution in [3.8, 4) is 0 Å². The highest BCUT2D eigenvalue weighted by Gasteiger charge is 2.16. The van der Waals surface area contributed by atoms with Gasteiger partial charge in [-0.3, -0.25) is 9.59 Å². The molecule has 3 nitrogen and oxygen atoms in total. The monoisotopic (exact) mass is 257 g/mol. The topological polar surface area (TPSA) is 37.4 Å². The smallest absolute Gasteiger partial charge is 0.249 e. The Morgan fingerprint density at radius 3 is 2.37 bits per heavy atom. The van der Waals surface area contributed by atoms with Gasteiger partial charge in [-0.2, -0.15) is 0 Å². The minimum absolute atomic E-state index is 0.355. The van der Waals surface area contributed by atoms with Crippen molar-refractivity contribution in [3.63, 3.8) is 0 Å². The van der Waals surface area contributed by atoms with E-state index in [0.29, 0.717) is 12.2 Å². The Labute approximate surface area is 113 Å². The van der Waals surface area contributed by atoms with Crippen LogP contribution in [-0.4, -0.2) is 6.54 Å². The number of rotatable bonds is 5. The standard InChI is InChI=1S/C16H19NO2/c1-4-12-7-6-11(3)13(8-12)10-17(5-2)14-9-15(18)16(14)19/h6-9H,4-5,10H2,1-3H3. The molecule has 0 bridgehead atoms. The van der Waals surface area contributed by atoms with Gasteiger partial charge >= 0.3 is 0 Å². The third kappa shape index (κ3) is 2.60. The van der Waals surface area contributed by atoms with Crippen molar-refractivity contribution in [2.24, 2.45) is 0 Å². The molecule has 3 heteroatoms. The van der Waals surface area contributed by atoms with Crippen molar-refractivity contribution in [2.75, 3.05) is 11.4 Å². The molecule has 0 aliphatic heterocycles. The van der Waals surface area contributed by atoms with Crippen LogP contribution in [0, 0.1) is 6.92 Å². The molecule has 0 aliphatic carbocycles. The Morgan fingerprint density at radius 1 is 1.11 bits per heavy atom. The summed E-state index contributed by atoms with van der Waals surface area (Å²) in [6, 6.07) is 7.87. The minimum Gasteiger partial charge on any atom is -0.364 e. The first kappa shape index (κ1) is 13.5. The second-order valence-electron chi connectivity index (χ2n) is 4.85. The summed E-state index contributed by atoms with van der Waals surface area (Å²) in [5.41, 5.74) is 3.54. The van der Waals surface area contributed by atoms with E-state index in [0.717, 1.165) is 13.0 Å². The van der Waals surface area contributed by atoms with Gasteiger partial charge in [-0.05, 0) is 37.0 Å². The molecule has 0 amide bonds. The lowest BCUT2D eigenvalue weighted by molar-refractivity contribution is 0.815. The summed E-state index contributed by atoms with van der Waals surface area (Å²) in [5, 5.41) is 0. The highest BCUT2D eigenvalue weighted by Crippen LogP contribution is 2.17. The molecule has 0 aliphatic rings. The van der Waals surface area contributed by atoms with Gasteiger partial charge in [-0.15, -0.1) is 0 Å². The van der Waals surface area contributed by atoms with Crippen LogP contribution in [0.3, 0.4) is 0 Å². The molecule has 2 aromatic rings. The summed E-state index contributed by atoms with van der Waals surface area (Å²) >= 11 is 0. The first-order valence-electron chi connectivity index (χ1n) is 6.70. The third-order valence-electron chi connectivity index (χ3n) is 3.63. The molecule has 2 rings (SSSR count). The molecule has 0 N–H and O–H groups in total. The van der Waals surface area contributed by atoms with Crippen molar-refractivity contribution >= 4 is 5.69 Å². The van der Waals surface area contributed by atoms with Crippen molar-refractivity contribution in [2.45, 2.75) is 33.7 Å². The van der Waals surface area contributed by atoms with Crippen molar-refractivity contribution in [3.05, 3.63) is 61.4 Å².